The Morgan fingerprint density at radius 1 is 1.00 bits per heavy atom. The molecule has 0 aliphatic carbocycles. The summed E-state index contributed by atoms with van der Waals surface area (Å²) in [6.07, 6.45) is 9.37. The molecule has 1 aliphatic rings. The minimum absolute atomic E-state index is 0.0469. The van der Waals surface area contributed by atoms with E-state index in [1.165, 1.54) is 0 Å². The minimum atomic E-state index is -0.0469. The Balaban J connectivity index is 1.60. The molecule has 4 aromatic rings. The second-order valence-corrected chi connectivity index (χ2v) is 8.45. The molecule has 0 spiro atoms. The summed E-state index contributed by atoms with van der Waals surface area (Å²) in [4.78, 5) is 16.2. The lowest BCUT2D eigenvalue weighted by molar-refractivity contribution is 0.394. The lowest BCUT2D eigenvalue weighted by Gasteiger charge is -2.26. The molecule has 172 valence electrons. The SMILES string of the molecule is COc1cc(OC)cc(N(CC2=NC=CC2S)c2ccc3ncc(-c4cnn(C)c4)cc3n2)c1. The van der Waals surface area contributed by atoms with E-state index in [1.54, 1.807) is 25.1 Å². The van der Waals surface area contributed by atoms with E-state index in [9.17, 15) is 0 Å². The van der Waals surface area contributed by atoms with Crippen LogP contribution in [0.15, 0.2) is 72.3 Å². The predicted molar refractivity (Wildman–Crippen MR) is 138 cm³/mol. The van der Waals surface area contributed by atoms with E-state index in [4.69, 9.17) is 14.5 Å². The van der Waals surface area contributed by atoms with Gasteiger partial charge < -0.3 is 14.4 Å². The number of nitrogens with zero attached hydrogens (tertiary/aromatic N) is 6. The highest BCUT2D eigenvalue weighted by molar-refractivity contribution is 7.82. The Labute approximate surface area is 203 Å². The quantitative estimate of drug-likeness (QED) is 0.401. The number of anilines is 2. The van der Waals surface area contributed by atoms with E-state index in [1.807, 2.05) is 68.1 Å². The van der Waals surface area contributed by atoms with Crippen LogP contribution < -0.4 is 14.4 Å². The highest BCUT2D eigenvalue weighted by atomic mass is 32.1. The first-order valence-electron chi connectivity index (χ1n) is 10.7. The number of methoxy groups -OCH3 is 2. The van der Waals surface area contributed by atoms with Crippen molar-refractivity contribution in [3.63, 3.8) is 0 Å². The maximum absolute atomic E-state index is 5.51. The van der Waals surface area contributed by atoms with Crippen molar-refractivity contribution < 1.29 is 9.47 Å². The van der Waals surface area contributed by atoms with Crippen LogP contribution in [-0.2, 0) is 7.05 Å². The van der Waals surface area contributed by atoms with Gasteiger partial charge in [0, 0.05) is 55.0 Å². The molecule has 1 unspecified atom stereocenters. The first-order valence-corrected chi connectivity index (χ1v) is 11.2. The van der Waals surface area contributed by atoms with Gasteiger partial charge in [0.05, 0.1) is 54.6 Å². The summed E-state index contributed by atoms with van der Waals surface area (Å²) in [6, 6.07) is 11.7. The van der Waals surface area contributed by atoms with Crippen LogP contribution in [0.4, 0.5) is 11.5 Å². The van der Waals surface area contributed by atoms with Crippen molar-refractivity contribution in [2.75, 3.05) is 25.7 Å². The number of pyridine rings is 2. The van der Waals surface area contributed by atoms with Gasteiger partial charge in [0.2, 0.25) is 0 Å². The van der Waals surface area contributed by atoms with Gasteiger partial charge in [-0.05, 0) is 24.3 Å². The number of benzene rings is 1. The first kappa shape index (κ1) is 22.0. The predicted octanol–water partition coefficient (Wildman–Crippen LogP) is 4.45. The van der Waals surface area contributed by atoms with Crippen molar-refractivity contribution in [2.45, 2.75) is 5.25 Å². The van der Waals surface area contributed by atoms with Crippen LogP contribution in [-0.4, -0.2) is 51.5 Å². The Morgan fingerprint density at radius 3 is 2.44 bits per heavy atom. The van der Waals surface area contributed by atoms with E-state index >= 15 is 0 Å². The van der Waals surface area contributed by atoms with Crippen LogP contribution in [0.5, 0.6) is 11.5 Å². The van der Waals surface area contributed by atoms with E-state index in [-0.39, 0.29) is 5.25 Å². The van der Waals surface area contributed by atoms with E-state index in [0.29, 0.717) is 18.0 Å². The Hall–Kier alpha value is -3.85. The van der Waals surface area contributed by atoms with Gasteiger partial charge in [-0.2, -0.15) is 17.7 Å². The average Bonchev–Trinajstić information content (AvgIpc) is 3.49. The fourth-order valence-electron chi connectivity index (χ4n) is 3.83. The van der Waals surface area contributed by atoms with Crippen molar-refractivity contribution in [2.24, 2.45) is 12.0 Å². The third-order valence-electron chi connectivity index (χ3n) is 5.66. The molecule has 34 heavy (non-hydrogen) atoms. The van der Waals surface area contributed by atoms with Crippen LogP contribution in [0, 0.1) is 0 Å². The largest absolute Gasteiger partial charge is 0.497 e. The molecule has 0 bridgehead atoms. The molecular weight excluding hydrogens is 448 g/mol. The van der Waals surface area contributed by atoms with Crippen LogP contribution in [0.1, 0.15) is 0 Å². The van der Waals surface area contributed by atoms with Crippen molar-refractivity contribution in [1.82, 2.24) is 19.7 Å². The average molecular weight is 473 g/mol. The number of aromatic nitrogens is 4. The van der Waals surface area contributed by atoms with Gasteiger partial charge >= 0.3 is 0 Å². The number of aliphatic imine (C=N–C) groups is 1. The topological polar surface area (TPSA) is 77.7 Å². The zero-order chi connectivity index (χ0) is 23.7. The second kappa shape index (κ2) is 9.18. The molecule has 0 saturated heterocycles. The molecule has 0 N–H and O–H groups in total. The van der Waals surface area contributed by atoms with Gasteiger partial charge in [0.25, 0.3) is 0 Å². The maximum atomic E-state index is 5.51. The molecule has 0 fully saturated rings. The molecule has 1 atom stereocenters. The van der Waals surface area contributed by atoms with Crippen LogP contribution in [0.2, 0.25) is 0 Å². The molecule has 0 amide bonds. The summed E-state index contributed by atoms with van der Waals surface area (Å²) < 4.78 is 12.8. The Kier molecular flexibility index (Phi) is 5.93. The fraction of sp³-hybridized carbons (Fsp3) is 0.200. The number of hydrogen-bond acceptors (Lipinski definition) is 8. The summed E-state index contributed by atoms with van der Waals surface area (Å²) in [5.41, 5.74) is 5.34. The Bertz CT molecular complexity index is 1390. The molecule has 4 heterocycles. The molecule has 3 aromatic heterocycles. The summed E-state index contributed by atoms with van der Waals surface area (Å²) >= 11 is 4.65. The van der Waals surface area contributed by atoms with Gasteiger partial charge in [-0.25, -0.2) is 4.98 Å². The lowest BCUT2D eigenvalue weighted by Crippen LogP contribution is -2.29. The standard InChI is InChI=1S/C25H24N6O2S/c1-30-14-17(13-28-30)16-8-22-21(27-12-16)4-5-25(29-22)31(15-23-24(34)6-7-26-23)18-9-19(32-2)11-20(10-18)33-3/h4-14,24,34H,15H2,1-3H3. The molecule has 0 saturated carbocycles. The van der Waals surface area contributed by atoms with Crippen LogP contribution in [0.25, 0.3) is 22.2 Å². The molecule has 8 nitrogen and oxygen atoms in total. The van der Waals surface area contributed by atoms with E-state index in [2.05, 4.69) is 32.6 Å². The second-order valence-electron chi connectivity index (χ2n) is 7.90. The highest BCUT2D eigenvalue weighted by Gasteiger charge is 2.21. The number of ether oxygens (including phenoxy) is 2. The monoisotopic (exact) mass is 472 g/mol. The van der Waals surface area contributed by atoms with Crippen LogP contribution >= 0.6 is 12.6 Å². The first-order chi connectivity index (χ1) is 16.5. The van der Waals surface area contributed by atoms with Crippen LogP contribution in [0.3, 0.4) is 0 Å². The van der Waals surface area contributed by atoms with Gasteiger partial charge in [-0.3, -0.25) is 14.7 Å². The Morgan fingerprint density at radius 2 is 1.79 bits per heavy atom. The van der Waals surface area contributed by atoms with Crippen molar-refractivity contribution in [1.29, 1.82) is 0 Å². The smallest absolute Gasteiger partial charge is 0.134 e. The van der Waals surface area contributed by atoms with Gasteiger partial charge in [-0.1, -0.05) is 0 Å². The summed E-state index contributed by atoms with van der Waals surface area (Å²) in [5, 5.41) is 4.22. The van der Waals surface area contributed by atoms with Gasteiger partial charge in [0.15, 0.2) is 0 Å². The normalized spacial score (nSPS) is 14.9. The number of hydrogen-bond donors (Lipinski definition) is 1. The third kappa shape index (κ3) is 4.34. The fourth-order valence-corrected chi connectivity index (χ4v) is 4.06. The molecule has 1 aromatic carbocycles. The molecular formula is C25H24N6O2S. The molecule has 9 heteroatoms. The number of aryl methyl sites for hydroxylation is 1. The summed E-state index contributed by atoms with van der Waals surface area (Å²) in [7, 11) is 5.17. The molecule has 0 radical (unpaired) electrons. The molecule has 5 rings (SSSR count). The zero-order valence-corrected chi connectivity index (χ0v) is 20.0. The number of fused-ring (bicyclic) bond motifs is 1. The third-order valence-corrected chi connectivity index (χ3v) is 6.13. The van der Waals surface area contributed by atoms with Gasteiger partial charge in [0.1, 0.15) is 17.3 Å². The van der Waals surface area contributed by atoms with Gasteiger partial charge in [-0.15, -0.1) is 0 Å². The van der Waals surface area contributed by atoms with Crippen molar-refractivity contribution >= 4 is 40.9 Å². The summed E-state index contributed by atoms with van der Waals surface area (Å²) in [6.45, 7) is 0.506. The highest BCUT2D eigenvalue weighted by Crippen LogP contribution is 2.33. The van der Waals surface area contributed by atoms with Crippen molar-refractivity contribution in [3.8, 4) is 22.6 Å². The van der Waals surface area contributed by atoms with E-state index < -0.39 is 0 Å². The summed E-state index contributed by atoms with van der Waals surface area (Å²) in [5.74, 6) is 2.13. The van der Waals surface area contributed by atoms with Crippen molar-refractivity contribution in [3.05, 3.63) is 67.3 Å². The number of rotatable bonds is 7. The molecule has 1 aliphatic heterocycles. The van der Waals surface area contributed by atoms with E-state index in [0.717, 1.165) is 39.4 Å². The minimum Gasteiger partial charge on any atom is -0.497 e. The maximum Gasteiger partial charge on any atom is 0.134 e. The zero-order valence-electron chi connectivity index (χ0n) is 19.1. The number of thiol groups is 1. The lowest BCUT2D eigenvalue weighted by atomic mass is 10.1.